The van der Waals surface area contributed by atoms with E-state index in [0.717, 1.165) is 23.2 Å². The van der Waals surface area contributed by atoms with Gasteiger partial charge in [0.1, 0.15) is 5.69 Å². The minimum atomic E-state index is -0.467. The van der Waals surface area contributed by atoms with Crippen LogP contribution in [0.4, 0.5) is 0 Å². The van der Waals surface area contributed by atoms with Crippen molar-refractivity contribution in [2.24, 2.45) is 7.05 Å². The molecule has 1 heterocycles. The van der Waals surface area contributed by atoms with Crippen molar-refractivity contribution < 1.29 is 19.3 Å². The van der Waals surface area contributed by atoms with E-state index < -0.39 is 6.10 Å². The molecule has 0 aliphatic carbocycles. The molecule has 7 nitrogen and oxygen atoms in total. The number of benzene rings is 2. The number of hydrogen-bond acceptors (Lipinski definition) is 6. The lowest BCUT2D eigenvalue weighted by Gasteiger charge is -2.25. The first kappa shape index (κ1) is 25.5. The van der Waals surface area contributed by atoms with Crippen LogP contribution in [0.25, 0.3) is 11.3 Å². The first-order chi connectivity index (χ1) is 16.6. The summed E-state index contributed by atoms with van der Waals surface area (Å²) >= 11 is 0. The Morgan fingerprint density at radius 1 is 1.09 bits per heavy atom. The quantitative estimate of drug-likeness (QED) is 0.349. The molecule has 0 bridgehead atoms. The largest absolute Gasteiger partial charge is 0.493 e. The molecule has 34 heavy (non-hydrogen) atoms. The van der Waals surface area contributed by atoms with E-state index in [0.29, 0.717) is 50.0 Å². The van der Waals surface area contributed by atoms with Crippen molar-refractivity contribution in [2.75, 3.05) is 33.9 Å². The van der Waals surface area contributed by atoms with Gasteiger partial charge in [-0.15, -0.1) is 6.58 Å². The molecule has 0 saturated heterocycles. The number of aryl methyl sites for hydroxylation is 1. The van der Waals surface area contributed by atoms with Crippen LogP contribution in [0.2, 0.25) is 0 Å². The van der Waals surface area contributed by atoms with Gasteiger partial charge in [-0.05, 0) is 25.0 Å². The Hall–Kier alpha value is -3.13. The topological polar surface area (TPSA) is 69.0 Å². The Balaban J connectivity index is 1.99. The Labute approximate surface area is 202 Å². The Kier molecular flexibility index (Phi) is 9.70. The number of para-hydroxylation sites is 2. The smallest absolute Gasteiger partial charge is 0.222 e. The monoisotopic (exact) mass is 465 g/mol. The lowest BCUT2D eigenvalue weighted by atomic mass is 10.1. The third-order valence-electron chi connectivity index (χ3n) is 5.58. The van der Waals surface area contributed by atoms with Gasteiger partial charge in [0, 0.05) is 39.4 Å². The molecular weight excluding hydrogens is 430 g/mol. The molecule has 0 spiro atoms. The number of aliphatic hydroxyl groups excluding tert-OH is 1. The van der Waals surface area contributed by atoms with Crippen molar-refractivity contribution in [1.29, 1.82) is 0 Å². The molecule has 0 aliphatic rings. The summed E-state index contributed by atoms with van der Waals surface area (Å²) in [6, 6.07) is 17.6. The molecule has 1 atom stereocenters. The molecule has 0 saturated carbocycles. The zero-order chi connectivity index (χ0) is 24.3. The average Bonchev–Trinajstić information content (AvgIpc) is 3.16. The lowest BCUT2D eigenvalue weighted by Crippen LogP contribution is -2.34. The third kappa shape index (κ3) is 6.70. The van der Waals surface area contributed by atoms with Crippen molar-refractivity contribution in [2.45, 2.75) is 25.5 Å². The van der Waals surface area contributed by atoms with Crippen molar-refractivity contribution in [3.63, 3.8) is 0 Å². The second-order valence-corrected chi connectivity index (χ2v) is 8.12. The molecule has 7 heteroatoms. The van der Waals surface area contributed by atoms with Gasteiger partial charge >= 0.3 is 0 Å². The highest BCUT2D eigenvalue weighted by Gasteiger charge is 2.24. The standard InChI is InChI=1S/C27H35N3O4/c1-5-6-14-22(31)19-30(17-18-32-3)20-23-26(21-12-8-7-9-13-21)28-29(2)27(23)34-25-16-11-10-15-24(25)33-4/h5,7-13,15-16,22,31H,1,6,14,17-20H2,2-4H3/t22-/m0/s1. The minimum Gasteiger partial charge on any atom is -0.493 e. The lowest BCUT2D eigenvalue weighted by molar-refractivity contribution is 0.0806. The molecule has 2 aromatic carbocycles. The normalized spacial score (nSPS) is 12.0. The number of hydrogen-bond donors (Lipinski definition) is 1. The summed E-state index contributed by atoms with van der Waals surface area (Å²) in [5.41, 5.74) is 2.78. The summed E-state index contributed by atoms with van der Waals surface area (Å²) in [4.78, 5) is 2.18. The predicted octanol–water partition coefficient (Wildman–Crippen LogP) is 4.66. The second kappa shape index (κ2) is 12.9. The maximum atomic E-state index is 10.6. The van der Waals surface area contributed by atoms with Crippen LogP contribution in [-0.4, -0.2) is 59.8 Å². The summed E-state index contributed by atoms with van der Waals surface area (Å²) in [5.74, 6) is 1.89. The van der Waals surface area contributed by atoms with Crippen LogP contribution in [0.5, 0.6) is 17.4 Å². The van der Waals surface area contributed by atoms with E-state index in [9.17, 15) is 5.11 Å². The van der Waals surface area contributed by atoms with Gasteiger partial charge in [0.25, 0.3) is 0 Å². The third-order valence-corrected chi connectivity index (χ3v) is 5.58. The molecule has 1 N–H and O–H groups in total. The second-order valence-electron chi connectivity index (χ2n) is 8.12. The van der Waals surface area contributed by atoms with Crippen molar-refractivity contribution in [1.82, 2.24) is 14.7 Å². The zero-order valence-electron chi connectivity index (χ0n) is 20.3. The van der Waals surface area contributed by atoms with Crippen LogP contribution in [0.15, 0.2) is 67.3 Å². The van der Waals surface area contributed by atoms with E-state index >= 15 is 0 Å². The molecule has 0 amide bonds. The summed E-state index contributed by atoms with van der Waals surface area (Å²) in [6.45, 7) is 6.03. The van der Waals surface area contributed by atoms with Gasteiger partial charge in [-0.25, -0.2) is 4.68 Å². The summed E-state index contributed by atoms with van der Waals surface area (Å²) in [6.07, 6.45) is 2.79. The molecule has 1 aromatic heterocycles. The maximum Gasteiger partial charge on any atom is 0.222 e. The van der Waals surface area contributed by atoms with Crippen molar-refractivity contribution in [3.05, 3.63) is 72.8 Å². The number of allylic oxidation sites excluding steroid dienone is 1. The Morgan fingerprint density at radius 2 is 1.79 bits per heavy atom. The number of ether oxygens (including phenoxy) is 3. The molecule has 0 fully saturated rings. The fraction of sp³-hybridized carbons (Fsp3) is 0.370. The number of rotatable bonds is 14. The Morgan fingerprint density at radius 3 is 2.47 bits per heavy atom. The van der Waals surface area contributed by atoms with Crippen LogP contribution in [-0.2, 0) is 18.3 Å². The summed E-state index contributed by atoms with van der Waals surface area (Å²) in [7, 11) is 5.18. The molecule has 3 aromatic rings. The van der Waals surface area contributed by atoms with E-state index in [-0.39, 0.29) is 0 Å². The van der Waals surface area contributed by atoms with Gasteiger partial charge in [-0.3, -0.25) is 4.90 Å². The van der Waals surface area contributed by atoms with Crippen LogP contribution in [0.3, 0.4) is 0 Å². The van der Waals surface area contributed by atoms with E-state index in [4.69, 9.17) is 19.3 Å². The number of aliphatic hydroxyl groups is 1. The number of nitrogens with zero attached hydrogens (tertiary/aromatic N) is 3. The maximum absolute atomic E-state index is 10.6. The fourth-order valence-corrected chi connectivity index (χ4v) is 3.84. The van der Waals surface area contributed by atoms with E-state index in [2.05, 4.69) is 11.5 Å². The summed E-state index contributed by atoms with van der Waals surface area (Å²) in [5, 5.41) is 15.4. The van der Waals surface area contributed by atoms with Gasteiger partial charge in [-0.1, -0.05) is 48.5 Å². The molecule has 0 radical (unpaired) electrons. The molecule has 182 valence electrons. The number of methoxy groups -OCH3 is 2. The zero-order valence-corrected chi connectivity index (χ0v) is 20.3. The van der Waals surface area contributed by atoms with E-state index in [1.165, 1.54) is 0 Å². The highest BCUT2D eigenvalue weighted by Crippen LogP contribution is 2.37. The fourth-order valence-electron chi connectivity index (χ4n) is 3.84. The van der Waals surface area contributed by atoms with E-state index in [1.54, 1.807) is 18.9 Å². The Bertz CT molecular complexity index is 1040. The predicted molar refractivity (Wildman–Crippen MR) is 134 cm³/mol. The SMILES string of the molecule is C=CCC[C@H](O)CN(CCOC)Cc1c(-c2ccccc2)nn(C)c1Oc1ccccc1OC. The van der Waals surface area contributed by atoms with Crippen LogP contribution < -0.4 is 9.47 Å². The number of aromatic nitrogens is 2. The molecular formula is C27H35N3O4. The highest BCUT2D eigenvalue weighted by atomic mass is 16.5. The first-order valence-corrected chi connectivity index (χ1v) is 11.5. The molecule has 3 rings (SSSR count). The van der Waals surface area contributed by atoms with Gasteiger partial charge < -0.3 is 19.3 Å². The van der Waals surface area contributed by atoms with E-state index in [1.807, 2.05) is 67.7 Å². The van der Waals surface area contributed by atoms with Crippen molar-refractivity contribution in [3.8, 4) is 28.6 Å². The average molecular weight is 466 g/mol. The summed E-state index contributed by atoms with van der Waals surface area (Å²) < 4.78 is 19.0. The van der Waals surface area contributed by atoms with Crippen LogP contribution in [0.1, 0.15) is 18.4 Å². The highest BCUT2D eigenvalue weighted by molar-refractivity contribution is 5.66. The van der Waals surface area contributed by atoms with Gasteiger partial charge in [0.2, 0.25) is 5.88 Å². The van der Waals surface area contributed by atoms with Crippen LogP contribution >= 0.6 is 0 Å². The molecule has 0 unspecified atom stereocenters. The molecule has 0 aliphatic heterocycles. The van der Waals surface area contributed by atoms with Crippen molar-refractivity contribution >= 4 is 0 Å². The van der Waals surface area contributed by atoms with Gasteiger partial charge in [0.05, 0.1) is 25.4 Å². The van der Waals surface area contributed by atoms with Gasteiger partial charge in [0.15, 0.2) is 11.5 Å². The van der Waals surface area contributed by atoms with Gasteiger partial charge in [-0.2, -0.15) is 5.10 Å². The first-order valence-electron chi connectivity index (χ1n) is 11.5. The minimum absolute atomic E-state index is 0.467. The van der Waals surface area contributed by atoms with Crippen LogP contribution in [0, 0.1) is 0 Å².